The molecule has 2 heterocycles. The van der Waals surface area contributed by atoms with Gasteiger partial charge in [0.15, 0.2) is 5.96 Å². The van der Waals surface area contributed by atoms with E-state index in [1.165, 1.54) is 0 Å². The highest BCUT2D eigenvalue weighted by Gasteiger charge is 2.15. The zero-order valence-electron chi connectivity index (χ0n) is 12.4. The van der Waals surface area contributed by atoms with Gasteiger partial charge in [-0.2, -0.15) is 0 Å². The molecule has 0 atom stereocenters. The third kappa shape index (κ3) is 4.87. The number of nitrogens with zero attached hydrogens (tertiary/aromatic N) is 3. The smallest absolute Gasteiger partial charge is 0.189 e. The summed E-state index contributed by atoms with van der Waals surface area (Å²) < 4.78 is 10.3. The van der Waals surface area contributed by atoms with Crippen molar-refractivity contribution >= 4 is 11.8 Å². The summed E-state index contributed by atoms with van der Waals surface area (Å²) in [6.07, 6.45) is 1.80. The number of aromatic nitrogens is 1. The number of ether oxygens (including phenoxy) is 2. The van der Waals surface area contributed by atoms with E-state index in [0.717, 1.165) is 37.7 Å². The minimum absolute atomic E-state index is 0.420. The van der Waals surface area contributed by atoms with Gasteiger partial charge in [0.2, 0.25) is 0 Å². The molecule has 7 heteroatoms. The number of pyridine rings is 1. The van der Waals surface area contributed by atoms with Gasteiger partial charge in [-0.05, 0) is 6.07 Å². The highest BCUT2D eigenvalue weighted by molar-refractivity contribution is 5.77. The number of aliphatic imine (C=N–C) groups is 1. The number of hydrogen-bond donors (Lipinski definition) is 2. The topological polar surface area (TPSA) is 85.0 Å². The summed E-state index contributed by atoms with van der Waals surface area (Å²) in [6, 6.07) is 3.95. The molecule has 0 saturated carbocycles. The molecule has 21 heavy (non-hydrogen) atoms. The lowest BCUT2D eigenvalue weighted by atomic mass is 10.2. The van der Waals surface area contributed by atoms with E-state index in [9.17, 15) is 0 Å². The van der Waals surface area contributed by atoms with Crippen molar-refractivity contribution in [1.29, 1.82) is 0 Å². The van der Waals surface area contributed by atoms with Gasteiger partial charge in [0.25, 0.3) is 0 Å². The Bertz CT molecular complexity index is 460. The molecule has 1 saturated heterocycles. The first-order chi connectivity index (χ1) is 10.3. The minimum Gasteiger partial charge on any atom is -0.383 e. The molecule has 0 spiro atoms. The largest absolute Gasteiger partial charge is 0.383 e. The number of guanidine groups is 1. The summed E-state index contributed by atoms with van der Waals surface area (Å²) in [5.41, 5.74) is 6.89. The molecule has 1 fully saturated rings. The number of nitrogens with one attached hydrogen (secondary N) is 1. The molecule has 7 nitrogen and oxygen atoms in total. The normalized spacial score (nSPS) is 16.0. The Morgan fingerprint density at radius 3 is 3.10 bits per heavy atom. The molecular formula is C14H23N5O2. The van der Waals surface area contributed by atoms with E-state index in [1.54, 1.807) is 13.3 Å². The Kier molecular flexibility index (Phi) is 6.23. The van der Waals surface area contributed by atoms with E-state index in [2.05, 4.69) is 20.2 Å². The average Bonchev–Trinajstić information content (AvgIpc) is 2.54. The third-order valence-corrected chi connectivity index (χ3v) is 3.21. The number of methoxy groups -OCH3 is 1. The van der Waals surface area contributed by atoms with Crippen molar-refractivity contribution in [1.82, 2.24) is 10.3 Å². The second-order valence-corrected chi connectivity index (χ2v) is 4.71. The fourth-order valence-corrected chi connectivity index (χ4v) is 2.12. The Labute approximate surface area is 125 Å². The van der Waals surface area contributed by atoms with Crippen LogP contribution in [-0.4, -0.2) is 57.5 Å². The lowest BCUT2D eigenvalue weighted by Crippen LogP contribution is -2.37. The monoisotopic (exact) mass is 293 g/mol. The molecule has 2 rings (SSSR count). The lowest BCUT2D eigenvalue weighted by molar-refractivity contribution is 0.122. The molecule has 0 amide bonds. The van der Waals surface area contributed by atoms with Crippen LogP contribution in [0.3, 0.4) is 0 Å². The second-order valence-electron chi connectivity index (χ2n) is 4.71. The fraction of sp³-hybridized carbons (Fsp3) is 0.571. The van der Waals surface area contributed by atoms with E-state index in [4.69, 9.17) is 15.2 Å². The van der Waals surface area contributed by atoms with Crippen molar-refractivity contribution in [2.45, 2.75) is 6.54 Å². The van der Waals surface area contributed by atoms with Crippen LogP contribution in [0.5, 0.6) is 0 Å². The van der Waals surface area contributed by atoms with Crippen LogP contribution in [0.25, 0.3) is 0 Å². The van der Waals surface area contributed by atoms with Crippen LogP contribution in [0, 0.1) is 0 Å². The lowest BCUT2D eigenvalue weighted by Gasteiger charge is -2.29. The molecule has 0 bridgehead atoms. The molecule has 0 radical (unpaired) electrons. The van der Waals surface area contributed by atoms with Gasteiger partial charge in [-0.15, -0.1) is 0 Å². The number of rotatable bonds is 6. The molecule has 3 N–H and O–H groups in total. The van der Waals surface area contributed by atoms with E-state index in [1.807, 2.05) is 12.1 Å². The predicted molar refractivity (Wildman–Crippen MR) is 82.5 cm³/mol. The maximum absolute atomic E-state index is 5.82. The quantitative estimate of drug-likeness (QED) is 0.435. The molecule has 116 valence electrons. The van der Waals surface area contributed by atoms with E-state index < -0.39 is 0 Å². The molecule has 1 aliphatic rings. The maximum atomic E-state index is 5.82. The maximum Gasteiger partial charge on any atom is 0.189 e. The van der Waals surface area contributed by atoms with Gasteiger partial charge < -0.3 is 25.4 Å². The Hall–Kier alpha value is -1.86. The van der Waals surface area contributed by atoms with Crippen molar-refractivity contribution in [3.63, 3.8) is 0 Å². The summed E-state index contributed by atoms with van der Waals surface area (Å²) in [6.45, 7) is 4.94. The number of anilines is 1. The molecule has 1 aromatic rings. The zero-order chi connectivity index (χ0) is 14.9. The van der Waals surface area contributed by atoms with Crippen LogP contribution in [0.15, 0.2) is 23.3 Å². The first-order valence-electron chi connectivity index (χ1n) is 7.10. The van der Waals surface area contributed by atoms with E-state index in [-0.39, 0.29) is 0 Å². The second kappa shape index (κ2) is 8.43. The molecule has 0 aliphatic carbocycles. The van der Waals surface area contributed by atoms with Gasteiger partial charge in [0.1, 0.15) is 5.82 Å². The van der Waals surface area contributed by atoms with Crippen molar-refractivity contribution in [3.05, 3.63) is 23.9 Å². The SMILES string of the molecule is COCCNC(N)=NCc1cccnc1N1CCOCC1. The standard InChI is InChI=1S/C14H23N5O2/c1-20-8-5-17-14(15)18-11-12-3-2-4-16-13(12)19-6-9-21-10-7-19/h2-4H,5-11H2,1H3,(H3,15,17,18). The van der Waals surface area contributed by atoms with Crippen LogP contribution in [0.2, 0.25) is 0 Å². The van der Waals surface area contributed by atoms with Crippen molar-refractivity contribution in [2.75, 3.05) is 51.5 Å². The van der Waals surface area contributed by atoms with Gasteiger partial charge in [-0.3, -0.25) is 0 Å². The summed E-state index contributed by atoms with van der Waals surface area (Å²) in [4.78, 5) is 11.1. The minimum atomic E-state index is 0.420. The van der Waals surface area contributed by atoms with Crippen molar-refractivity contribution in [3.8, 4) is 0 Å². The third-order valence-electron chi connectivity index (χ3n) is 3.21. The average molecular weight is 293 g/mol. The summed E-state index contributed by atoms with van der Waals surface area (Å²) >= 11 is 0. The molecule has 1 aliphatic heterocycles. The zero-order valence-corrected chi connectivity index (χ0v) is 12.4. The Morgan fingerprint density at radius 1 is 1.52 bits per heavy atom. The summed E-state index contributed by atoms with van der Waals surface area (Å²) in [5.74, 6) is 1.39. The highest BCUT2D eigenvalue weighted by atomic mass is 16.5. The molecular weight excluding hydrogens is 270 g/mol. The van der Waals surface area contributed by atoms with Crippen LogP contribution < -0.4 is 16.0 Å². The Balaban J connectivity index is 1.97. The van der Waals surface area contributed by atoms with Crippen LogP contribution in [0.4, 0.5) is 5.82 Å². The van der Waals surface area contributed by atoms with Gasteiger partial charge in [-0.25, -0.2) is 9.98 Å². The molecule has 1 aromatic heterocycles. The predicted octanol–water partition coefficient (Wildman–Crippen LogP) is -0.0311. The van der Waals surface area contributed by atoms with E-state index in [0.29, 0.717) is 25.7 Å². The molecule has 0 unspecified atom stereocenters. The van der Waals surface area contributed by atoms with Gasteiger partial charge >= 0.3 is 0 Å². The number of morpholine rings is 1. The highest BCUT2D eigenvalue weighted by Crippen LogP contribution is 2.19. The first-order valence-corrected chi connectivity index (χ1v) is 7.10. The molecule has 0 aromatic carbocycles. The van der Waals surface area contributed by atoms with Gasteiger partial charge in [0.05, 0.1) is 26.4 Å². The number of nitrogens with two attached hydrogens (primary N) is 1. The summed E-state index contributed by atoms with van der Waals surface area (Å²) in [5, 5.41) is 3.00. The van der Waals surface area contributed by atoms with Crippen molar-refractivity contribution in [2.24, 2.45) is 10.7 Å². The summed E-state index contributed by atoms with van der Waals surface area (Å²) in [7, 11) is 1.65. The van der Waals surface area contributed by atoms with Gasteiger partial charge in [0, 0.05) is 38.5 Å². The fourth-order valence-electron chi connectivity index (χ4n) is 2.12. The number of hydrogen-bond acceptors (Lipinski definition) is 5. The first kappa shape index (κ1) is 15.5. The van der Waals surface area contributed by atoms with Crippen LogP contribution in [0.1, 0.15) is 5.56 Å². The van der Waals surface area contributed by atoms with Crippen molar-refractivity contribution < 1.29 is 9.47 Å². The van der Waals surface area contributed by atoms with E-state index >= 15 is 0 Å². The van der Waals surface area contributed by atoms with Crippen LogP contribution in [-0.2, 0) is 16.0 Å². The van der Waals surface area contributed by atoms with Gasteiger partial charge in [-0.1, -0.05) is 6.07 Å². The Morgan fingerprint density at radius 2 is 2.33 bits per heavy atom. The van der Waals surface area contributed by atoms with Crippen LogP contribution >= 0.6 is 0 Å².